The summed E-state index contributed by atoms with van der Waals surface area (Å²) < 4.78 is 2.08. The Hall–Kier alpha value is -0.990. The molecule has 2 N–H and O–H groups in total. The van der Waals surface area contributed by atoms with Crippen molar-refractivity contribution < 1.29 is 0 Å². The molecule has 3 heteroatoms. The number of hydrogen-bond acceptors (Lipinski definition) is 2. The highest BCUT2D eigenvalue weighted by atomic mass is 15.3. The summed E-state index contributed by atoms with van der Waals surface area (Å²) in [6, 6.07) is 0.555. The van der Waals surface area contributed by atoms with Crippen molar-refractivity contribution in [2.75, 3.05) is 5.73 Å². The van der Waals surface area contributed by atoms with Crippen LogP contribution >= 0.6 is 0 Å². The van der Waals surface area contributed by atoms with E-state index in [1.807, 2.05) is 13.1 Å². The first-order chi connectivity index (χ1) is 7.06. The minimum Gasteiger partial charge on any atom is -0.396 e. The van der Waals surface area contributed by atoms with Gasteiger partial charge in [0.2, 0.25) is 0 Å². The molecule has 0 spiro atoms. The maximum atomic E-state index is 5.83. The smallest absolute Gasteiger partial charge is 0.0823 e. The molecule has 1 aromatic heterocycles. The van der Waals surface area contributed by atoms with E-state index < -0.39 is 0 Å². The second-order valence-electron chi connectivity index (χ2n) is 5.22. The maximum absolute atomic E-state index is 5.83. The summed E-state index contributed by atoms with van der Waals surface area (Å²) in [5, 5.41) is 4.49. The molecule has 84 valence electrons. The number of anilines is 1. The Morgan fingerprint density at radius 1 is 1.27 bits per heavy atom. The molecule has 3 nitrogen and oxygen atoms in total. The Morgan fingerprint density at radius 2 is 1.87 bits per heavy atom. The lowest BCUT2D eigenvalue weighted by molar-refractivity contribution is 0.209. The highest BCUT2D eigenvalue weighted by molar-refractivity contribution is 5.39. The molecule has 2 atom stereocenters. The summed E-state index contributed by atoms with van der Waals surface area (Å²) in [5.74, 6) is 1.62. The first-order valence-corrected chi connectivity index (χ1v) is 5.87. The molecular formula is C12H21N3. The van der Waals surface area contributed by atoms with Crippen LogP contribution in [-0.2, 0) is 0 Å². The van der Waals surface area contributed by atoms with Crippen molar-refractivity contribution in [3.63, 3.8) is 0 Å². The highest BCUT2D eigenvalue weighted by Crippen LogP contribution is 2.35. The van der Waals surface area contributed by atoms with Gasteiger partial charge in [0.1, 0.15) is 0 Å². The third kappa shape index (κ3) is 2.16. The minimum atomic E-state index is 0.555. The number of nitrogen functional groups attached to an aromatic ring is 1. The minimum absolute atomic E-state index is 0.555. The fourth-order valence-corrected chi connectivity index (χ4v) is 2.80. The Balaban J connectivity index is 2.16. The van der Waals surface area contributed by atoms with Gasteiger partial charge in [-0.05, 0) is 38.0 Å². The van der Waals surface area contributed by atoms with E-state index >= 15 is 0 Å². The van der Waals surface area contributed by atoms with Crippen molar-refractivity contribution in [2.24, 2.45) is 11.8 Å². The molecule has 1 aliphatic carbocycles. The van der Waals surface area contributed by atoms with Gasteiger partial charge in [-0.2, -0.15) is 5.10 Å². The molecule has 0 saturated heterocycles. The molecule has 0 amide bonds. The molecule has 15 heavy (non-hydrogen) atoms. The van der Waals surface area contributed by atoms with Crippen LogP contribution in [0.4, 0.5) is 5.69 Å². The maximum Gasteiger partial charge on any atom is 0.0823 e. The van der Waals surface area contributed by atoms with E-state index in [0.29, 0.717) is 6.04 Å². The molecule has 1 fully saturated rings. The predicted octanol–water partition coefficient (Wildman–Crippen LogP) is 2.77. The van der Waals surface area contributed by atoms with Crippen molar-refractivity contribution in [1.29, 1.82) is 0 Å². The van der Waals surface area contributed by atoms with Crippen LogP contribution in [0, 0.1) is 18.8 Å². The Bertz CT molecular complexity index is 313. The van der Waals surface area contributed by atoms with Gasteiger partial charge in [0.15, 0.2) is 0 Å². The Labute approximate surface area is 91.7 Å². The number of hydrogen-bond donors (Lipinski definition) is 1. The molecule has 0 radical (unpaired) electrons. The van der Waals surface area contributed by atoms with Crippen LogP contribution in [0.3, 0.4) is 0 Å². The lowest BCUT2D eigenvalue weighted by Gasteiger charge is -2.31. The normalized spacial score (nSPS) is 31.8. The van der Waals surface area contributed by atoms with E-state index in [2.05, 4.69) is 23.6 Å². The third-order valence-electron chi connectivity index (χ3n) is 3.48. The fourth-order valence-electron chi connectivity index (χ4n) is 2.80. The van der Waals surface area contributed by atoms with Crippen molar-refractivity contribution in [3.05, 3.63) is 11.9 Å². The number of nitrogens with zero attached hydrogens (tertiary/aromatic N) is 2. The van der Waals surface area contributed by atoms with E-state index in [-0.39, 0.29) is 0 Å². The van der Waals surface area contributed by atoms with E-state index in [4.69, 9.17) is 5.73 Å². The summed E-state index contributed by atoms with van der Waals surface area (Å²) in [6.07, 6.45) is 5.83. The van der Waals surface area contributed by atoms with E-state index in [1.54, 1.807) is 0 Å². The van der Waals surface area contributed by atoms with Crippen molar-refractivity contribution >= 4 is 5.69 Å². The molecule has 0 aliphatic heterocycles. The molecule has 1 heterocycles. The first-order valence-electron chi connectivity index (χ1n) is 5.87. The molecule has 0 bridgehead atoms. The lowest BCUT2D eigenvalue weighted by atomic mass is 9.80. The third-order valence-corrected chi connectivity index (χ3v) is 3.48. The summed E-state index contributed by atoms with van der Waals surface area (Å²) in [6.45, 7) is 6.65. The molecule has 1 aromatic rings. The summed E-state index contributed by atoms with van der Waals surface area (Å²) >= 11 is 0. The number of nitrogens with two attached hydrogens (primary N) is 1. The standard InChI is InChI=1S/C12H21N3/c1-8-4-9(2)6-11(5-8)15-7-12(13)10(3)14-15/h7-9,11H,4-6,13H2,1-3H3. The fraction of sp³-hybridized carbons (Fsp3) is 0.750. The van der Waals surface area contributed by atoms with Gasteiger partial charge in [0.25, 0.3) is 0 Å². The van der Waals surface area contributed by atoms with Crippen molar-refractivity contribution in [3.8, 4) is 0 Å². The SMILES string of the molecule is Cc1nn(C2CC(C)CC(C)C2)cc1N. The zero-order valence-corrected chi connectivity index (χ0v) is 9.90. The van der Waals surface area contributed by atoms with E-state index in [9.17, 15) is 0 Å². The molecule has 0 aromatic carbocycles. The van der Waals surface area contributed by atoms with Crippen LogP contribution in [0.15, 0.2) is 6.20 Å². The second-order valence-corrected chi connectivity index (χ2v) is 5.22. The summed E-state index contributed by atoms with van der Waals surface area (Å²) in [4.78, 5) is 0. The molecule has 2 unspecified atom stereocenters. The zero-order chi connectivity index (χ0) is 11.0. The van der Waals surface area contributed by atoms with Crippen LogP contribution in [0.1, 0.15) is 44.8 Å². The Morgan fingerprint density at radius 3 is 2.33 bits per heavy atom. The van der Waals surface area contributed by atoms with Gasteiger partial charge in [-0.3, -0.25) is 4.68 Å². The highest BCUT2D eigenvalue weighted by Gasteiger charge is 2.25. The average Bonchev–Trinajstić information content (AvgIpc) is 2.45. The number of aryl methyl sites for hydroxylation is 1. The molecular weight excluding hydrogens is 186 g/mol. The largest absolute Gasteiger partial charge is 0.396 e. The van der Waals surface area contributed by atoms with Crippen LogP contribution in [0.25, 0.3) is 0 Å². The van der Waals surface area contributed by atoms with Crippen molar-refractivity contribution in [1.82, 2.24) is 9.78 Å². The quantitative estimate of drug-likeness (QED) is 0.769. The zero-order valence-electron chi connectivity index (χ0n) is 9.90. The number of aromatic nitrogens is 2. The summed E-state index contributed by atoms with van der Waals surface area (Å²) in [7, 11) is 0. The second kappa shape index (κ2) is 3.87. The van der Waals surface area contributed by atoms with Gasteiger partial charge in [-0.15, -0.1) is 0 Å². The van der Waals surface area contributed by atoms with Gasteiger partial charge in [0.05, 0.1) is 17.4 Å². The predicted molar refractivity (Wildman–Crippen MR) is 62.6 cm³/mol. The van der Waals surface area contributed by atoms with Crippen LogP contribution < -0.4 is 5.73 Å². The lowest BCUT2D eigenvalue weighted by Crippen LogP contribution is -2.23. The molecule has 2 rings (SSSR count). The van der Waals surface area contributed by atoms with Crippen LogP contribution in [0.2, 0.25) is 0 Å². The van der Waals surface area contributed by atoms with Crippen LogP contribution in [0.5, 0.6) is 0 Å². The van der Waals surface area contributed by atoms with Crippen molar-refractivity contribution in [2.45, 2.75) is 46.1 Å². The van der Waals surface area contributed by atoms with Gasteiger partial charge >= 0.3 is 0 Å². The van der Waals surface area contributed by atoms with Gasteiger partial charge in [-0.25, -0.2) is 0 Å². The first kappa shape index (κ1) is 10.5. The molecule has 1 saturated carbocycles. The van der Waals surface area contributed by atoms with Crippen LogP contribution in [-0.4, -0.2) is 9.78 Å². The van der Waals surface area contributed by atoms with Gasteiger partial charge in [-0.1, -0.05) is 13.8 Å². The Kier molecular flexibility index (Phi) is 2.72. The molecule has 1 aliphatic rings. The topological polar surface area (TPSA) is 43.8 Å². The number of rotatable bonds is 1. The monoisotopic (exact) mass is 207 g/mol. The van der Waals surface area contributed by atoms with E-state index in [0.717, 1.165) is 23.2 Å². The van der Waals surface area contributed by atoms with Gasteiger partial charge in [0, 0.05) is 6.20 Å². The average molecular weight is 207 g/mol. The van der Waals surface area contributed by atoms with E-state index in [1.165, 1.54) is 19.3 Å². The summed E-state index contributed by atoms with van der Waals surface area (Å²) in [5.41, 5.74) is 7.61. The van der Waals surface area contributed by atoms with Gasteiger partial charge < -0.3 is 5.73 Å².